The van der Waals surface area contributed by atoms with E-state index in [1.54, 1.807) is 6.07 Å². The van der Waals surface area contributed by atoms with Gasteiger partial charge in [-0.1, -0.05) is 19.9 Å². The molecule has 0 aromatic heterocycles. The van der Waals surface area contributed by atoms with Crippen molar-refractivity contribution in [1.82, 2.24) is 5.32 Å². The smallest absolute Gasteiger partial charge is 0.422 e. The van der Waals surface area contributed by atoms with Crippen LogP contribution in [-0.4, -0.2) is 32.3 Å². The van der Waals surface area contributed by atoms with Gasteiger partial charge in [0.1, 0.15) is 0 Å². The van der Waals surface area contributed by atoms with E-state index in [2.05, 4.69) is 5.32 Å². The molecule has 0 saturated carbocycles. The zero-order valence-corrected chi connectivity index (χ0v) is 15.9. The number of amides is 1. The maximum absolute atomic E-state index is 12.4. The first-order valence-corrected chi connectivity index (χ1v) is 8.06. The summed E-state index contributed by atoms with van der Waals surface area (Å²) in [5, 5.41) is 2.82. The van der Waals surface area contributed by atoms with E-state index in [9.17, 15) is 18.0 Å². The standard InChI is InChI=1S/C17H25F3N2O3.ClH/c1-4-16(5-2,10-21)15(23)22-9-12-6-7-13(14(8-12)24-3)25-11-17(18,19)20;/h6-8H,4-5,9-11,21H2,1-3H3,(H,22,23);1H. The molecule has 3 N–H and O–H groups in total. The van der Waals surface area contributed by atoms with Crippen molar-refractivity contribution in [2.45, 2.75) is 39.4 Å². The molecule has 0 aliphatic rings. The van der Waals surface area contributed by atoms with Crippen LogP contribution in [0.3, 0.4) is 0 Å². The third-order valence-electron chi connectivity index (χ3n) is 4.30. The van der Waals surface area contributed by atoms with E-state index in [4.69, 9.17) is 15.2 Å². The van der Waals surface area contributed by atoms with Crippen LogP contribution >= 0.6 is 12.4 Å². The minimum atomic E-state index is -4.43. The van der Waals surface area contributed by atoms with Crippen molar-refractivity contribution in [2.24, 2.45) is 11.1 Å². The first kappa shape index (κ1) is 24.3. The Labute approximate surface area is 157 Å². The summed E-state index contributed by atoms with van der Waals surface area (Å²) in [5.41, 5.74) is 5.82. The number of carbonyl (C=O) groups excluding carboxylic acids is 1. The largest absolute Gasteiger partial charge is 0.493 e. The highest BCUT2D eigenvalue weighted by atomic mass is 35.5. The molecule has 26 heavy (non-hydrogen) atoms. The highest BCUT2D eigenvalue weighted by molar-refractivity contribution is 5.85. The van der Waals surface area contributed by atoms with E-state index < -0.39 is 18.2 Å². The quantitative estimate of drug-likeness (QED) is 0.668. The lowest BCUT2D eigenvalue weighted by molar-refractivity contribution is -0.153. The Morgan fingerprint density at radius 2 is 1.81 bits per heavy atom. The van der Waals surface area contributed by atoms with Crippen LogP contribution in [0.1, 0.15) is 32.3 Å². The van der Waals surface area contributed by atoms with Gasteiger partial charge >= 0.3 is 6.18 Å². The van der Waals surface area contributed by atoms with Gasteiger partial charge in [-0.2, -0.15) is 13.2 Å². The van der Waals surface area contributed by atoms with Gasteiger partial charge in [0.15, 0.2) is 18.1 Å². The summed E-state index contributed by atoms with van der Waals surface area (Å²) >= 11 is 0. The summed E-state index contributed by atoms with van der Waals surface area (Å²) in [6, 6.07) is 4.51. The van der Waals surface area contributed by atoms with E-state index in [1.807, 2.05) is 13.8 Å². The van der Waals surface area contributed by atoms with Gasteiger partial charge in [-0.15, -0.1) is 12.4 Å². The van der Waals surface area contributed by atoms with Crippen molar-refractivity contribution < 1.29 is 27.4 Å². The summed E-state index contributed by atoms with van der Waals surface area (Å²) in [5.74, 6) is 0.0248. The molecule has 1 amide bonds. The van der Waals surface area contributed by atoms with Crippen LogP contribution in [0.4, 0.5) is 13.2 Å². The van der Waals surface area contributed by atoms with Crippen LogP contribution in [-0.2, 0) is 11.3 Å². The lowest BCUT2D eigenvalue weighted by Crippen LogP contribution is -2.45. The van der Waals surface area contributed by atoms with Crippen molar-refractivity contribution in [3.8, 4) is 11.5 Å². The average Bonchev–Trinajstić information content (AvgIpc) is 2.59. The van der Waals surface area contributed by atoms with Crippen molar-refractivity contribution in [3.63, 3.8) is 0 Å². The lowest BCUT2D eigenvalue weighted by atomic mass is 9.81. The monoisotopic (exact) mass is 398 g/mol. The molecule has 0 atom stereocenters. The number of hydrogen-bond acceptors (Lipinski definition) is 4. The second-order valence-electron chi connectivity index (χ2n) is 5.76. The molecule has 0 spiro atoms. The molecule has 9 heteroatoms. The van der Waals surface area contributed by atoms with Crippen LogP contribution in [0, 0.1) is 5.41 Å². The Hall–Kier alpha value is -1.67. The topological polar surface area (TPSA) is 73.6 Å². The van der Waals surface area contributed by atoms with E-state index >= 15 is 0 Å². The predicted molar refractivity (Wildman–Crippen MR) is 95.7 cm³/mol. The Bertz CT molecular complexity index is 571. The number of carbonyl (C=O) groups is 1. The number of nitrogens with two attached hydrogens (primary N) is 1. The molecule has 0 saturated heterocycles. The summed E-state index contributed by atoms with van der Waals surface area (Å²) < 4.78 is 46.6. The highest BCUT2D eigenvalue weighted by Gasteiger charge is 2.33. The molecule has 5 nitrogen and oxygen atoms in total. The van der Waals surface area contributed by atoms with Gasteiger partial charge < -0.3 is 20.5 Å². The molecule has 0 heterocycles. The van der Waals surface area contributed by atoms with Crippen LogP contribution < -0.4 is 20.5 Å². The maximum atomic E-state index is 12.4. The van der Waals surface area contributed by atoms with Crippen molar-refractivity contribution in [1.29, 1.82) is 0 Å². The van der Waals surface area contributed by atoms with Gasteiger partial charge in [-0.05, 0) is 30.5 Å². The van der Waals surface area contributed by atoms with E-state index in [0.717, 1.165) is 0 Å². The van der Waals surface area contributed by atoms with E-state index in [1.165, 1.54) is 19.2 Å². The third kappa shape index (κ3) is 6.57. The molecule has 0 aliphatic heterocycles. The second kappa shape index (κ2) is 10.5. The highest BCUT2D eigenvalue weighted by Crippen LogP contribution is 2.30. The number of rotatable bonds is 9. The number of methoxy groups -OCH3 is 1. The SMILES string of the molecule is CCC(CC)(CN)C(=O)NCc1ccc(OCC(F)(F)F)c(OC)c1.Cl. The van der Waals surface area contributed by atoms with Crippen molar-refractivity contribution >= 4 is 18.3 Å². The first-order valence-electron chi connectivity index (χ1n) is 8.06. The molecule has 0 radical (unpaired) electrons. The number of benzene rings is 1. The maximum Gasteiger partial charge on any atom is 0.422 e. The summed E-state index contributed by atoms with van der Waals surface area (Å²) in [7, 11) is 1.34. The number of nitrogens with one attached hydrogen (secondary N) is 1. The summed E-state index contributed by atoms with van der Waals surface area (Å²) in [6.45, 7) is 2.89. The zero-order chi connectivity index (χ0) is 19.1. The normalized spacial score (nSPS) is 11.5. The van der Waals surface area contributed by atoms with E-state index in [0.29, 0.717) is 18.4 Å². The van der Waals surface area contributed by atoms with Crippen molar-refractivity contribution in [3.05, 3.63) is 23.8 Å². The van der Waals surface area contributed by atoms with E-state index in [-0.39, 0.29) is 42.9 Å². The molecular formula is C17H26ClF3N2O3. The van der Waals surface area contributed by atoms with Gasteiger partial charge in [-0.25, -0.2) is 0 Å². The Morgan fingerprint density at radius 3 is 2.27 bits per heavy atom. The first-order chi connectivity index (χ1) is 11.7. The molecule has 1 rings (SSSR count). The minimum Gasteiger partial charge on any atom is -0.493 e. The number of alkyl halides is 3. The average molecular weight is 399 g/mol. The summed E-state index contributed by atoms with van der Waals surface area (Å²) in [6.07, 6.45) is -3.18. The molecule has 1 aromatic carbocycles. The molecule has 0 bridgehead atoms. The van der Waals surface area contributed by atoms with Crippen molar-refractivity contribution in [2.75, 3.05) is 20.3 Å². The van der Waals surface area contributed by atoms with Gasteiger partial charge in [0.05, 0.1) is 12.5 Å². The number of halogens is 4. The van der Waals surface area contributed by atoms with Crippen LogP contribution in [0.15, 0.2) is 18.2 Å². The fraction of sp³-hybridized carbons (Fsp3) is 0.588. The second-order valence-corrected chi connectivity index (χ2v) is 5.76. The molecule has 0 fully saturated rings. The van der Waals surface area contributed by atoms with Gasteiger partial charge in [0, 0.05) is 13.1 Å². The fourth-order valence-electron chi connectivity index (χ4n) is 2.42. The van der Waals surface area contributed by atoms with Crippen LogP contribution in [0.2, 0.25) is 0 Å². The lowest BCUT2D eigenvalue weighted by Gasteiger charge is -2.28. The Morgan fingerprint density at radius 1 is 1.19 bits per heavy atom. The molecular weight excluding hydrogens is 373 g/mol. The Balaban J connectivity index is 0.00000625. The fourth-order valence-corrected chi connectivity index (χ4v) is 2.42. The summed E-state index contributed by atoms with van der Waals surface area (Å²) in [4.78, 5) is 12.4. The molecule has 1 aromatic rings. The molecule has 150 valence electrons. The zero-order valence-electron chi connectivity index (χ0n) is 15.1. The van der Waals surface area contributed by atoms with Gasteiger partial charge in [-0.3, -0.25) is 4.79 Å². The van der Waals surface area contributed by atoms with Gasteiger partial charge in [0.2, 0.25) is 5.91 Å². The molecule has 0 aliphatic carbocycles. The number of hydrogen-bond donors (Lipinski definition) is 2. The third-order valence-corrected chi connectivity index (χ3v) is 4.30. The van der Waals surface area contributed by atoms with Crippen LogP contribution in [0.5, 0.6) is 11.5 Å². The van der Waals surface area contributed by atoms with Gasteiger partial charge in [0.25, 0.3) is 0 Å². The van der Waals surface area contributed by atoms with Crippen LogP contribution in [0.25, 0.3) is 0 Å². The molecule has 0 unspecified atom stereocenters. The Kier molecular flexibility index (Phi) is 9.80. The predicted octanol–water partition coefficient (Wildman–Crippen LogP) is 3.44. The number of ether oxygens (including phenoxy) is 2. The minimum absolute atomic E-state index is 0.